The Hall–Kier alpha value is -5.09. The molecule has 0 radical (unpaired) electrons. The van der Waals surface area contributed by atoms with Crippen LogP contribution in [0.4, 0.5) is 0 Å². The topological polar surface area (TPSA) is 80.1 Å². The monoisotopic (exact) mass is 974 g/mol. The van der Waals surface area contributed by atoms with E-state index in [-0.39, 0.29) is 69.0 Å². The Morgan fingerprint density at radius 3 is 0.933 bits per heavy atom. The molecule has 0 amide bonds. The van der Waals surface area contributed by atoms with Gasteiger partial charge in [0.1, 0.15) is 35.1 Å². The van der Waals surface area contributed by atoms with Gasteiger partial charge in [-0.3, -0.25) is 0 Å². The maximum atomic E-state index is 7.28. The summed E-state index contributed by atoms with van der Waals surface area (Å²) in [6.45, 7) is 0. The minimum atomic E-state index is -0.977. The van der Waals surface area contributed by atoms with Gasteiger partial charge in [0.15, 0.2) is 23.0 Å². The molecule has 0 bridgehead atoms. The fraction of sp³-hybridized carbons (Fsp3) is 0.224. The Bertz CT molecular complexity index is 2070. The SMILES string of the molecule is COc1ccc(C2(c3ccc(OC)cc3)OC(CC3=N[C@H](Cc4ccccc4)C(c4ccc(OC)cc4)(c4ccc(OC)cc4)O3)=N[C@@H]2Cc2ccccc2)cc1.[Br-].[Br-].[Ni+2]. The van der Waals surface area contributed by atoms with Crippen LogP contribution in [0.25, 0.3) is 0 Å². The number of aliphatic imine (C=N–C) groups is 2. The number of methoxy groups -OCH3 is 4. The summed E-state index contributed by atoms with van der Waals surface area (Å²) >= 11 is 0. The van der Waals surface area contributed by atoms with Crippen molar-refractivity contribution in [1.29, 1.82) is 0 Å². The predicted octanol–water partition coefficient (Wildman–Crippen LogP) is 3.38. The number of benzene rings is 6. The van der Waals surface area contributed by atoms with Crippen molar-refractivity contribution in [2.75, 3.05) is 28.4 Å². The van der Waals surface area contributed by atoms with Crippen molar-refractivity contribution in [2.45, 2.75) is 42.5 Å². The van der Waals surface area contributed by atoms with Gasteiger partial charge < -0.3 is 62.4 Å². The van der Waals surface area contributed by atoms with Gasteiger partial charge in [0.05, 0.1) is 34.9 Å². The average molecular weight is 977 g/mol. The summed E-state index contributed by atoms with van der Waals surface area (Å²) < 4.78 is 36.9. The summed E-state index contributed by atoms with van der Waals surface area (Å²) in [6.07, 6.45) is 1.51. The van der Waals surface area contributed by atoms with Crippen LogP contribution in [0.5, 0.6) is 23.0 Å². The molecule has 8 rings (SSSR count). The van der Waals surface area contributed by atoms with Crippen molar-refractivity contribution in [3.63, 3.8) is 0 Å². The number of hydrogen-bond acceptors (Lipinski definition) is 8. The number of rotatable bonds is 14. The first-order valence-electron chi connectivity index (χ1n) is 19.1. The standard InChI is InChI=1S/C49H46N2O6.2BrH.Ni/c1-52-40-23-15-36(16-24-40)48(37-17-25-41(53-2)26-18-37)44(31-34-11-7-5-8-12-34)50-46(56-48)33-47-51-45(32-35-13-9-6-10-14-35)49(57-47,38-19-27-42(54-3)28-20-38)39-21-29-43(55-4)30-22-39;;;/h5-30,44-45H,31-33H2,1-4H3;2*1H;/q;;;+2/p-2/t44-,45-;;;/m1.../s1. The second kappa shape index (κ2) is 20.5. The zero-order valence-corrected chi connectivity index (χ0v) is 37.9. The van der Waals surface area contributed by atoms with Crippen LogP contribution in [0.1, 0.15) is 39.8 Å². The van der Waals surface area contributed by atoms with Gasteiger partial charge in [-0.15, -0.1) is 0 Å². The van der Waals surface area contributed by atoms with Gasteiger partial charge in [-0.1, -0.05) is 109 Å². The Morgan fingerprint density at radius 2 is 0.683 bits per heavy atom. The molecule has 0 aromatic heterocycles. The van der Waals surface area contributed by atoms with Crippen LogP contribution >= 0.6 is 0 Å². The first kappa shape index (κ1) is 46.0. The zero-order valence-electron chi connectivity index (χ0n) is 33.7. The van der Waals surface area contributed by atoms with Gasteiger partial charge in [0, 0.05) is 22.3 Å². The molecule has 2 aliphatic heterocycles. The predicted molar refractivity (Wildman–Crippen MR) is 223 cm³/mol. The number of halogens is 2. The van der Waals surface area contributed by atoms with E-state index < -0.39 is 11.2 Å². The van der Waals surface area contributed by atoms with Gasteiger partial charge in [-0.2, -0.15) is 0 Å². The Morgan fingerprint density at radius 1 is 0.417 bits per heavy atom. The van der Waals surface area contributed by atoms with E-state index in [2.05, 4.69) is 97.1 Å². The molecule has 2 heterocycles. The van der Waals surface area contributed by atoms with E-state index in [9.17, 15) is 0 Å². The molecule has 6 aromatic rings. The van der Waals surface area contributed by atoms with Crippen molar-refractivity contribution < 1.29 is 78.9 Å². The van der Waals surface area contributed by atoms with Gasteiger partial charge in [-0.05, 0) is 72.5 Å². The molecule has 11 heteroatoms. The van der Waals surface area contributed by atoms with Gasteiger partial charge in [-0.25, -0.2) is 9.98 Å². The summed E-state index contributed by atoms with van der Waals surface area (Å²) in [6, 6.07) is 52.5. The van der Waals surface area contributed by atoms with Crippen molar-refractivity contribution in [3.8, 4) is 23.0 Å². The zero-order chi connectivity index (χ0) is 39.2. The van der Waals surface area contributed by atoms with Gasteiger partial charge in [0.2, 0.25) is 0 Å². The summed E-state index contributed by atoms with van der Waals surface area (Å²) in [7, 11) is 6.69. The molecule has 8 nitrogen and oxygen atoms in total. The third kappa shape index (κ3) is 9.14. The number of hydrogen-bond donors (Lipinski definition) is 0. The molecule has 0 spiro atoms. The molecule has 312 valence electrons. The molecule has 2 aliphatic rings. The third-order valence-electron chi connectivity index (χ3n) is 11.0. The molecule has 60 heavy (non-hydrogen) atoms. The molecular formula is C49H46Br2N2NiO6. The minimum absolute atomic E-state index is 0. The van der Waals surface area contributed by atoms with Crippen LogP contribution in [-0.2, 0) is 50.0 Å². The summed E-state index contributed by atoms with van der Waals surface area (Å²) in [5.74, 6) is 4.12. The minimum Gasteiger partial charge on any atom is -1.00 e. The molecule has 6 aromatic carbocycles. The van der Waals surface area contributed by atoms with Crippen molar-refractivity contribution in [2.24, 2.45) is 9.98 Å². The van der Waals surface area contributed by atoms with Crippen molar-refractivity contribution in [3.05, 3.63) is 191 Å². The third-order valence-corrected chi connectivity index (χ3v) is 11.0. The van der Waals surface area contributed by atoms with Gasteiger partial charge >= 0.3 is 16.5 Å². The normalized spacial score (nSPS) is 16.9. The van der Waals surface area contributed by atoms with E-state index in [1.54, 1.807) is 28.4 Å². The van der Waals surface area contributed by atoms with Crippen LogP contribution in [0.2, 0.25) is 0 Å². The molecule has 0 saturated heterocycles. The van der Waals surface area contributed by atoms with E-state index in [1.165, 1.54) is 0 Å². The first-order chi connectivity index (χ1) is 28.0. The second-order valence-corrected chi connectivity index (χ2v) is 14.2. The van der Waals surface area contributed by atoms with Crippen LogP contribution in [0, 0.1) is 0 Å². The molecular weight excluding hydrogens is 931 g/mol. The Balaban J connectivity index is 0.00000228. The number of nitrogens with zero attached hydrogens (tertiary/aromatic N) is 2. The fourth-order valence-corrected chi connectivity index (χ4v) is 8.13. The van der Waals surface area contributed by atoms with E-state index in [1.807, 2.05) is 60.7 Å². The first-order valence-corrected chi connectivity index (χ1v) is 19.1. The maximum absolute atomic E-state index is 7.28. The number of ether oxygens (including phenoxy) is 6. The summed E-state index contributed by atoms with van der Waals surface area (Å²) in [5, 5.41) is 0. The summed E-state index contributed by atoms with van der Waals surface area (Å²) in [5.41, 5.74) is 4.16. The van der Waals surface area contributed by atoms with Crippen molar-refractivity contribution >= 4 is 11.8 Å². The molecule has 0 saturated carbocycles. The quantitative estimate of drug-likeness (QED) is 0.156. The summed E-state index contributed by atoms with van der Waals surface area (Å²) in [4.78, 5) is 10.8. The van der Waals surface area contributed by atoms with E-state index in [0.717, 1.165) is 56.4 Å². The average Bonchev–Trinajstić information content (AvgIpc) is 3.82. The molecule has 0 unspecified atom stereocenters. The van der Waals surface area contributed by atoms with Crippen molar-refractivity contribution in [1.82, 2.24) is 0 Å². The second-order valence-electron chi connectivity index (χ2n) is 14.2. The molecule has 0 aliphatic carbocycles. The fourth-order valence-electron chi connectivity index (χ4n) is 8.13. The molecule has 0 N–H and O–H groups in total. The van der Waals surface area contributed by atoms with Crippen LogP contribution < -0.4 is 52.9 Å². The van der Waals surface area contributed by atoms with Crippen LogP contribution in [-0.4, -0.2) is 52.3 Å². The van der Waals surface area contributed by atoms with E-state index in [0.29, 0.717) is 24.6 Å². The largest absolute Gasteiger partial charge is 2.00 e. The Labute approximate surface area is 383 Å². The maximum Gasteiger partial charge on any atom is 2.00 e. The molecule has 2 atom stereocenters. The molecule has 0 fully saturated rings. The van der Waals surface area contributed by atoms with Crippen LogP contribution in [0.3, 0.4) is 0 Å². The van der Waals surface area contributed by atoms with E-state index in [4.69, 9.17) is 38.4 Å². The van der Waals surface area contributed by atoms with Crippen LogP contribution in [0.15, 0.2) is 168 Å². The van der Waals surface area contributed by atoms with E-state index >= 15 is 0 Å². The Kier molecular flexibility index (Phi) is 15.7. The smallest absolute Gasteiger partial charge is 1.00 e. The van der Waals surface area contributed by atoms with Gasteiger partial charge in [0.25, 0.3) is 0 Å².